The maximum Gasteiger partial charge on any atom is 0.477 e. The molecule has 1 aliphatic rings. The van der Waals surface area contributed by atoms with Crippen molar-refractivity contribution in [1.29, 1.82) is 0 Å². The van der Waals surface area contributed by atoms with Crippen LogP contribution in [0.4, 0.5) is 0 Å². The zero-order chi connectivity index (χ0) is 22.2. The van der Waals surface area contributed by atoms with E-state index in [2.05, 4.69) is 8.83 Å². The third kappa shape index (κ3) is 6.73. The highest BCUT2D eigenvalue weighted by Crippen LogP contribution is 2.60. The quantitative estimate of drug-likeness (QED) is 0.172. The molecule has 166 valence electrons. The third-order valence-electron chi connectivity index (χ3n) is 3.35. The first-order chi connectivity index (χ1) is 13.1. The van der Waals surface area contributed by atoms with Gasteiger partial charge in [-0.15, -0.1) is 4.86 Å². The van der Waals surface area contributed by atoms with Gasteiger partial charge in [-0.05, 0) is 0 Å². The molecule has 0 amide bonds. The average molecular weight is 483 g/mol. The molecule has 20 heteroatoms. The molecule has 0 spiro atoms. The minimum atomic E-state index is -5.50. The van der Waals surface area contributed by atoms with Crippen LogP contribution in [0.2, 0.25) is 0 Å². The maximum absolute atomic E-state index is 11.8. The van der Waals surface area contributed by atoms with Gasteiger partial charge in [0.2, 0.25) is 0 Å². The molecule has 8 N–H and O–H groups in total. The number of H-pyrrole nitrogens is 1. The lowest BCUT2D eigenvalue weighted by Crippen LogP contribution is -2.37. The van der Waals surface area contributed by atoms with Crippen LogP contribution in [0.3, 0.4) is 0 Å². The van der Waals surface area contributed by atoms with Crippen molar-refractivity contribution in [3.8, 4) is 0 Å². The number of aromatic amines is 1. The number of hydrogen-bond donors (Lipinski definition) is 8. The van der Waals surface area contributed by atoms with Gasteiger partial charge in [0, 0.05) is 12.3 Å². The monoisotopic (exact) mass is 483 g/mol. The number of nitrogens with zero attached hydrogens (tertiary/aromatic N) is 1. The lowest BCUT2D eigenvalue weighted by atomic mass is 10.1. The Morgan fingerprint density at radius 1 is 1.10 bits per heavy atom. The Balaban J connectivity index is 2.06. The second-order valence-electron chi connectivity index (χ2n) is 5.57. The van der Waals surface area contributed by atoms with Crippen LogP contribution in [0.15, 0.2) is 21.9 Å². The first-order valence-corrected chi connectivity index (χ1v) is 12.0. The van der Waals surface area contributed by atoms with Gasteiger partial charge < -0.3 is 34.5 Å². The fourth-order valence-corrected chi connectivity index (χ4v) is 5.74. The SMILES string of the molecule is O=c1ccn([C@@H]2O[C@H](COP(=O)(O)NP(=O)(O)OP(=O)(O)O)[C@@H](O)[C@H]2O)c(=O)[nH]1. The van der Waals surface area contributed by atoms with E-state index in [1.54, 1.807) is 0 Å². The topological polar surface area (TPSA) is 267 Å². The van der Waals surface area contributed by atoms with Gasteiger partial charge in [0.15, 0.2) is 6.23 Å². The van der Waals surface area contributed by atoms with Gasteiger partial charge in [-0.25, -0.2) is 18.5 Å². The van der Waals surface area contributed by atoms with E-state index in [9.17, 15) is 38.4 Å². The van der Waals surface area contributed by atoms with Crippen molar-refractivity contribution in [1.82, 2.24) is 14.4 Å². The highest BCUT2D eigenvalue weighted by atomic mass is 31.3. The molecule has 6 atom stereocenters. The van der Waals surface area contributed by atoms with Crippen LogP contribution in [0.5, 0.6) is 0 Å². The van der Waals surface area contributed by atoms with Gasteiger partial charge in [0.05, 0.1) is 6.61 Å². The Hall–Kier alpha value is -1.03. The summed E-state index contributed by atoms with van der Waals surface area (Å²) in [5.74, 6) is 0. The van der Waals surface area contributed by atoms with E-state index in [-0.39, 0.29) is 0 Å². The number of aliphatic hydroxyl groups is 2. The summed E-state index contributed by atoms with van der Waals surface area (Å²) in [7, 11) is -16.2. The minimum Gasteiger partial charge on any atom is -0.387 e. The number of phosphoric acid groups is 1. The number of aliphatic hydroxyl groups excluding tert-OH is 2. The van der Waals surface area contributed by atoms with Crippen LogP contribution >= 0.6 is 23.3 Å². The van der Waals surface area contributed by atoms with Gasteiger partial charge in [-0.2, -0.15) is 4.31 Å². The van der Waals surface area contributed by atoms with E-state index < -0.39 is 65.7 Å². The molecule has 1 aliphatic heterocycles. The van der Waals surface area contributed by atoms with E-state index in [0.717, 1.165) is 21.7 Å². The lowest BCUT2D eigenvalue weighted by molar-refractivity contribution is -0.0526. The molecule has 2 heterocycles. The summed E-state index contributed by atoms with van der Waals surface area (Å²) in [5.41, 5.74) is -1.72. The molecule has 0 bridgehead atoms. The molecule has 0 saturated carbocycles. The Morgan fingerprint density at radius 3 is 2.28 bits per heavy atom. The molecule has 2 rings (SSSR count). The lowest BCUT2D eigenvalue weighted by Gasteiger charge is -2.20. The fourth-order valence-electron chi connectivity index (χ4n) is 2.25. The highest BCUT2D eigenvalue weighted by Gasteiger charge is 2.46. The molecule has 17 nitrogen and oxygen atoms in total. The molecule has 1 fully saturated rings. The number of aromatic nitrogens is 2. The molecular formula is C9H16N3O14P3. The molecule has 0 aliphatic carbocycles. The van der Waals surface area contributed by atoms with Gasteiger partial charge in [0.25, 0.3) is 5.56 Å². The molecule has 0 radical (unpaired) electrons. The molecule has 29 heavy (non-hydrogen) atoms. The van der Waals surface area contributed by atoms with Crippen molar-refractivity contribution >= 4 is 23.3 Å². The fraction of sp³-hybridized carbons (Fsp3) is 0.556. The summed E-state index contributed by atoms with van der Waals surface area (Å²) in [6.45, 7) is -0.983. The van der Waals surface area contributed by atoms with E-state index in [1.165, 1.54) is 0 Å². The first kappa shape index (κ1) is 24.2. The zero-order valence-corrected chi connectivity index (χ0v) is 16.6. The van der Waals surface area contributed by atoms with Crippen molar-refractivity contribution in [2.75, 3.05) is 6.61 Å². The summed E-state index contributed by atoms with van der Waals surface area (Å²) in [4.78, 5) is 61.2. The Bertz CT molecular complexity index is 1000. The van der Waals surface area contributed by atoms with E-state index in [4.69, 9.17) is 19.4 Å². The Kier molecular flexibility index (Phi) is 7.20. The minimum absolute atomic E-state index is 0.724. The number of nitrogens with one attached hydrogen (secondary N) is 2. The highest BCUT2D eigenvalue weighted by molar-refractivity contribution is 7.70. The van der Waals surface area contributed by atoms with E-state index >= 15 is 0 Å². The van der Waals surface area contributed by atoms with Gasteiger partial charge >= 0.3 is 29.0 Å². The van der Waals surface area contributed by atoms with Gasteiger partial charge in [-0.1, -0.05) is 0 Å². The van der Waals surface area contributed by atoms with E-state index in [0.29, 0.717) is 0 Å². The summed E-state index contributed by atoms with van der Waals surface area (Å²) >= 11 is 0. The molecule has 0 aromatic carbocycles. The van der Waals surface area contributed by atoms with Crippen molar-refractivity contribution in [2.24, 2.45) is 0 Å². The first-order valence-electron chi connectivity index (χ1n) is 7.30. The predicted molar refractivity (Wildman–Crippen MR) is 89.1 cm³/mol. The van der Waals surface area contributed by atoms with Crippen LogP contribution in [0, 0.1) is 0 Å². The van der Waals surface area contributed by atoms with Gasteiger partial charge in [0.1, 0.15) is 18.3 Å². The molecule has 2 unspecified atom stereocenters. The maximum atomic E-state index is 11.8. The molecule has 1 aromatic heterocycles. The van der Waals surface area contributed by atoms with E-state index in [1.807, 2.05) is 4.98 Å². The molecule has 1 aromatic rings. The number of ether oxygens (including phenoxy) is 1. The molecular weight excluding hydrogens is 467 g/mol. The summed E-state index contributed by atoms with van der Waals surface area (Å²) in [5, 5.41) is 19.9. The second-order valence-corrected chi connectivity index (χ2v) is 10.3. The smallest absolute Gasteiger partial charge is 0.387 e. The number of hydrogen-bond acceptors (Lipinski definition) is 10. The summed E-state index contributed by atoms with van der Waals surface area (Å²) in [6, 6.07) is 0.930. The van der Waals surface area contributed by atoms with Crippen LogP contribution in [0.25, 0.3) is 0 Å². The Labute approximate surface area is 159 Å². The van der Waals surface area contributed by atoms with Crippen molar-refractivity contribution in [3.63, 3.8) is 0 Å². The van der Waals surface area contributed by atoms with Crippen LogP contribution < -0.4 is 16.1 Å². The second kappa shape index (κ2) is 8.61. The van der Waals surface area contributed by atoms with Crippen LogP contribution in [-0.4, -0.2) is 64.3 Å². The third-order valence-corrected chi connectivity index (χ3v) is 7.60. The normalized spacial score (nSPS) is 29.3. The number of rotatable bonds is 8. The van der Waals surface area contributed by atoms with Crippen molar-refractivity contribution < 1.29 is 57.1 Å². The van der Waals surface area contributed by atoms with Crippen LogP contribution in [0.1, 0.15) is 6.23 Å². The zero-order valence-electron chi connectivity index (χ0n) is 13.9. The largest absolute Gasteiger partial charge is 0.477 e. The summed E-state index contributed by atoms with van der Waals surface area (Å²) < 4.78 is 47.4. The standard InChI is InChI=1S/C9H16N3O14P3/c13-5-1-2-12(9(16)10-5)8-7(15)6(14)4(25-8)3-24-27(17,18)11-28(19,20)26-29(21,22)23/h1-2,4,6-8,14-15H,3H2,(H,10,13,16)(H2,21,22,23)(H3,11,17,18,19,20)/t4-,6-,7-,8-/m1/s1. The van der Waals surface area contributed by atoms with Crippen molar-refractivity contribution in [3.05, 3.63) is 33.1 Å². The van der Waals surface area contributed by atoms with Gasteiger partial charge in [-0.3, -0.25) is 18.9 Å². The molecule has 1 saturated heterocycles. The Morgan fingerprint density at radius 2 is 1.72 bits per heavy atom. The van der Waals surface area contributed by atoms with Crippen LogP contribution in [-0.2, 0) is 27.3 Å². The summed E-state index contributed by atoms with van der Waals surface area (Å²) in [6.07, 6.45) is -5.58. The van der Waals surface area contributed by atoms with Crippen molar-refractivity contribution in [2.45, 2.75) is 24.5 Å². The predicted octanol–water partition coefficient (Wildman–Crippen LogP) is -2.93. The average Bonchev–Trinajstić information content (AvgIpc) is 2.78.